The van der Waals surface area contributed by atoms with Gasteiger partial charge in [-0.1, -0.05) is 29.3 Å². The number of cyclic esters (lactones) is 1. The van der Waals surface area contributed by atoms with Crippen molar-refractivity contribution >= 4 is 46.8 Å². The molecule has 1 heterocycles. The van der Waals surface area contributed by atoms with E-state index in [1.807, 2.05) is 0 Å². The van der Waals surface area contributed by atoms with E-state index >= 15 is 0 Å². The van der Waals surface area contributed by atoms with Gasteiger partial charge in [-0.15, -0.1) is 0 Å². The number of methoxy groups -OCH3 is 1. The molecule has 1 aliphatic rings. The normalized spacial score (nSPS) is 15.0. The molecule has 0 aromatic heterocycles. The molecule has 0 bridgehead atoms. The molecule has 132 valence electrons. The van der Waals surface area contributed by atoms with E-state index < -0.39 is 10.9 Å². The van der Waals surface area contributed by atoms with Crippen LogP contribution in [0.25, 0.3) is 6.08 Å². The number of nitrogens with zero attached hydrogens (tertiary/aromatic N) is 2. The first-order valence-electron chi connectivity index (χ1n) is 7.19. The Morgan fingerprint density at radius 1 is 1.23 bits per heavy atom. The van der Waals surface area contributed by atoms with Gasteiger partial charge in [0, 0.05) is 11.1 Å². The Bertz CT molecular complexity index is 985. The fourth-order valence-electron chi connectivity index (χ4n) is 2.28. The summed E-state index contributed by atoms with van der Waals surface area (Å²) in [5.41, 5.74) is 0.522. The minimum absolute atomic E-state index is 0.0109. The predicted octanol–water partition coefficient (Wildman–Crippen LogP) is 4.25. The number of carbonyl (C=O) groups is 1. The standard InChI is InChI=1S/C17H10Cl2N2O5/c1-25-15-5-2-9(7-14(15)21(23)24)6-13-17(22)26-16(20-13)11-8-10(18)3-4-12(11)19/h2-8H,1H3/b13-6-. The Morgan fingerprint density at radius 2 is 2.00 bits per heavy atom. The number of carbonyl (C=O) groups excluding carboxylic acids is 1. The summed E-state index contributed by atoms with van der Waals surface area (Å²) in [6.45, 7) is 0. The molecule has 1 aliphatic heterocycles. The maximum atomic E-state index is 12.1. The van der Waals surface area contributed by atoms with Crippen LogP contribution < -0.4 is 4.74 Å². The third kappa shape index (κ3) is 3.54. The van der Waals surface area contributed by atoms with Crippen molar-refractivity contribution in [3.05, 3.63) is 73.4 Å². The van der Waals surface area contributed by atoms with Gasteiger partial charge in [-0.3, -0.25) is 10.1 Å². The summed E-state index contributed by atoms with van der Waals surface area (Å²) in [4.78, 5) is 26.7. The van der Waals surface area contributed by atoms with Crippen LogP contribution >= 0.6 is 23.2 Å². The first-order valence-corrected chi connectivity index (χ1v) is 7.95. The average molecular weight is 393 g/mol. The van der Waals surface area contributed by atoms with Gasteiger partial charge in [0.25, 0.3) is 0 Å². The van der Waals surface area contributed by atoms with Crippen LogP contribution in [0.4, 0.5) is 5.69 Å². The van der Waals surface area contributed by atoms with E-state index in [9.17, 15) is 14.9 Å². The molecule has 0 unspecified atom stereocenters. The molecule has 7 nitrogen and oxygen atoms in total. The van der Waals surface area contributed by atoms with Gasteiger partial charge >= 0.3 is 11.7 Å². The van der Waals surface area contributed by atoms with Gasteiger partial charge in [-0.05, 0) is 35.9 Å². The highest BCUT2D eigenvalue weighted by molar-refractivity contribution is 6.36. The van der Waals surface area contributed by atoms with Crippen molar-refractivity contribution in [3.8, 4) is 5.75 Å². The zero-order chi connectivity index (χ0) is 18.8. The molecule has 0 spiro atoms. The topological polar surface area (TPSA) is 91.0 Å². The van der Waals surface area contributed by atoms with Gasteiger partial charge < -0.3 is 9.47 Å². The largest absolute Gasteiger partial charge is 0.490 e. The van der Waals surface area contributed by atoms with Crippen LogP contribution in [0.1, 0.15) is 11.1 Å². The van der Waals surface area contributed by atoms with Crippen molar-refractivity contribution in [2.24, 2.45) is 4.99 Å². The number of benzene rings is 2. The molecule has 0 atom stereocenters. The lowest BCUT2D eigenvalue weighted by Gasteiger charge is -2.02. The molecule has 0 N–H and O–H groups in total. The minimum Gasteiger partial charge on any atom is -0.490 e. The number of aliphatic imine (C=N–C) groups is 1. The zero-order valence-electron chi connectivity index (χ0n) is 13.2. The molecular weight excluding hydrogens is 383 g/mol. The first-order chi connectivity index (χ1) is 12.4. The van der Waals surface area contributed by atoms with Crippen molar-refractivity contribution < 1.29 is 19.2 Å². The molecule has 3 rings (SSSR count). The summed E-state index contributed by atoms with van der Waals surface area (Å²) < 4.78 is 10.1. The molecular formula is C17H10Cl2N2O5. The van der Waals surface area contributed by atoms with Crippen LogP contribution in [0.2, 0.25) is 10.0 Å². The lowest BCUT2D eigenvalue weighted by Crippen LogP contribution is -2.06. The Kier molecular flexibility index (Phi) is 4.92. The Morgan fingerprint density at radius 3 is 2.69 bits per heavy atom. The molecule has 2 aromatic carbocycles. The molecule has 0 fully saturated rings. The number of ether oxygens (including phenoxy) is 2. The van der Waals surface area contributed by atoms with Crippen molar-refractivity contribution in [2.75, 3.05) is 7.11 Å². The summed E-state index contributed by atoms with van der Waals surface area (Å²) in [6, 6.07) is 8.95. The number of hydrogen-bond acceptors (Lipinski definition) is 6. The van der Waals surface area contributed by atoms with E-state index in [2.05, 4.69) is 4.99 Å². The van der Waals surface area contributed by atoms with E-state index in [0.717, 1.165) is 0 Å². The maximum absolute atomic E-state index is 12.1. The molecule has 0 aliphatic carbocycles. The van der Waals surface area contributed by atoms with Gasteiger partial charge in [0.1, 0.15) is 0 Å². The number of halogens is 2. The van der Waals surface area contributed by atoms with Crippen LogP contribution in [-0.4, -0.2) is 23.9 Å². The highest BCUT2D eigenvalue weighted by atomic mass is 35.5. The van der Waals surface area contributed by atoms with Crippen LogP contribution in [-0.2, 0) is 9.53 Å². The number of nitro groups is 1. The summed E-state index contributed by atoms with van der Waals surface area (Å²) in [6.07, 6.45) is 1.38. The van der Waals surface area contributed by atoms with Crippen LogP contribution in [0.15, 0.2) is 47.1 Å². The lowest BCUT2D eigenvalue weighted by atomic mass is 10.1. The molecule has 9 heteroatoms. The number of hydrogen-bond donors (Lipinski definition) is 0. The first kappa shape index (κ1) is 17.9. The third-order valence-electron chi connectivity index (χ3n) is 3.48. The molecule has 0 saturated heterocycles. The monoisotopic (exact) mass is 392 g/mol. The fourth-order valence-corrected chi connectivity index (χ4v) is 2.65. The van der Waals surface area contributed by atoms with Crippen LogP contribution in [0, 0.1) is 10.1 Å². The molecule has 26 heavy (non-hydrogen) atoms. The van der Waals surface area contributed by atoms with E-state index in [1.54, 1.807) is 18.2 Å². The summed E-state index contributed by atoms with van der Waals surface area (Å²) in [5, 5.41) is 11.8. The van der Waals surface area contributed by atoms with Gasteiger partial charge in [0.2, 0.25) is 5.90 Å². The SMILES string of the molecule is COc1ccc(/C=C2\N=C(c3cc(Cl)ccc3Cl)OC2=O)cc1[N+](=O)[O-]. The second-order valence-electron chi connectivity index (χ2n) is 5.15. The van der Waals surface area contributed by atoms with Crippen molar-refractivity contribution in [3.63, 3.8) is 0 Å². The fraction of sp³-hybridized carbons (Fsp3) is 0.0588. The maximum Gasteiger partial charge on any atom is 0.363 e. The van der Waals surface area contributed by atoms with E-state index in [-0.39, 0.29) is 23.0 Å². The van der Waals surface area contributed by atoms with E-state index in [4.69, 9.17) is 32.7 Å². The number of esters is 1. The Hall–Kier alpha value is -2.90. The quantitative estimate of drug-likeness (QED) is 0.335. The van der Waals surface area contributed by atoms with Gasteiger partial charge in [-0.2, -0.15) is 0 Å². The highest BCUT2D eigenvalue weighted by Gasteiger charge is 2.26. The summed E-state index contributed by atoms with van der Waals surface area (Å²) >= 11 is 12.0. The number of rotatable bonds is 4. The van der Waals surface area contributed by atoms with Gasteiger partial charge in [0.05, 0.1) is 22.6 Å². The Balaban J connectivity index is 2.00. The summed E-state index contributed by atoms with van der Waals surface area (Å²) in [7, 11) is 1.33. The van der Waals surface area contributed by atoms with Crippen molar-refractivity contribution in [2.45, 2.75) is 0 Å². The van der Waals surface area contributed by atoms with Gasteiger partial charge in [0.15, 0.2) is 11.4 Å². The zero-order valence-corrected chi connectivity index (χ0v) is 14.7. The second-order valence-corrected chi connectivity index (χ2v) is 5.99. The van der Waals surface area contributed by atoms with Crippen LogP contribution in [0.5, 0.6) is 5.75 Å². The van der Waals surface area contributed by atoms with E-state index in [1.165, 1.54) is 31.4 Å². The average Bonchev–Trinajstić information content (AvgIpc) is 2.97. The summed E-state index contributed by atoms with van der Waals surface area (Å²) in [5.74, 6) is -0.577. The van der Waals surface area contributed by atoms with E-state index in [0.29, 0.717) is 21.2 Å². The second kappa shape index (κ2) is 7.15. The minimum atomic E-state index is -0.700. The molecule has 2 aromatic rings. The Labute approximate surface area is 157 Å². The van der Waals surface area contributed by atoms with Crippen molar-refractivity contribution in [1.29, 1.82) is 0 Å². The molecule has 0 radical (unpaired) electrons. The number of nitro benzene ring substituents is 1. The smallest absolute Gasteiger partial charge is 0.363 e. The van der Waals surface area contributed by atoms with Crippen LogP contribution in [0.3, 0.4) is 0 Å². The predicted molar refractivity (Wildman–Crippen MR) is 96.7 cm³/mol. The highest BCUT2D eigenvalue weighted by Crippen LogP contribution is 2.30. The third-order valence-corrected chi connectivity index (χ3v) is 4.05. The molecule has 0 saturated carbocycles. The van der Waals surface area contributed by atoms with Gasteiger partial charge in [-0.25, -0.2) is 9.79 Å². The van der Waals surface area contributed by atoms with Crippen molar-refractivity contribution in [1.82, 2.24) is 0 Å². The molecule has 0 amide bonds. The lowest BCUT2D eigenvalue weighted by molar-refractivity contribution is -0.385.